The zero-order valence-corrected chi connectivity index (χ0v) is 16.0. The van der Waals surface area contributed by atoms with Gasteiger partial charge in [0.15, 0.2) is 22.6 Å². The number of aromatic nitrogens is 3. The van der Waals surface area contributed by atoms with Gasteiger partial charge in [-0.15, -0.1) is 0 Å². The molecule has 3 N–H and O–H groups in total. The largest absolute Gasteiger partial charge is 0.379 e. The van der Waals surface area contributed by atoms with Crippen molar-refractivity contribution in [3.8, 4) is 0 Å². The highest BCUT2D eigenvalue weighted by Crippen LogP contribution is 2.58. The number of aliphatic imine (C=N–C) groups is 1. The van der Waals surface area contributed by atoms with Crippen molar-refractivity contribution in [2.75, 3.05) is 5.32 Å². The third-order valence-corrected chi connectivity index (χ3v) is 6.50. The average Bonchev–Trinajstić information content (AvgIpc) is 3.44. The van der Waals surface area contributed by atoms with Crippen molar-refractivity contribution < 1.29 is 13.2 Å². The van der Waals surface area contributed by atoms with Gasteiger partial charge in [-0.3, -0.25) is 4.99 Å². The molecule has 10 heteroatoms. The topological polar surface area (TPSA) is 89.1 Å². The highest BCUT2D eigenvalue weighted by Gasteiger charge is 2.56. The highest BCUT2D eigenvalue weighted by molar-refractivity contribution is 8.14. The zero-order chi connectivity index (χ0) is 20.3. The Kier molecular flexibility index (Phi) is 3.95. The van der Waals surface area contributed by atoms with Crippen molar-refractivity contribution in [3.05, 3.63) is 53.7 Å². The Morgan fingerprint density at radius 1 is 1.17 bits per heavy atom. The van der Waals surface area contributed by atoms with E-state index >= 15 is 0 Å². The SMILES string of the molecule is C[C@]1(c2cc(Nc3ncnc4cc(F)cnc34)cc(F)c2F)N=C(N)SC2C[C@H]21. The van der Waals surface area contributed by atoms with Crippen molar-refractivity contribution in [2.45, 2.75) is 24.1 Å². The molecule has 148 valence electrons. The van der Waals surface area contributed by atoms with E-state index < -0.39 is 23.0 Å². The third kappa shape index (κ3) is 2.98. The van der Waals surface area contributed by atoms with Crippen LogP contribution in [0.2, 0.25) is 0 Å². The Morgan fingerprint density at radius 2 is 2.00 bits per heavy atom. The van der Waals surface area contributed by atoms with Crippen molar-refractivity contribution in [2.24, 2.45) is 16.6 Å². The van der Waals surface area contributed by atoms with E-state index in [1.807, 2.05) is 0 Å². The van der Waals surface area contributed by atoms with E-state index in [9.17, 15) is 13.2 Å². The summed E-state index contributed by atoms with van der Waals surface area (Å²) in [6, 6.07) is 3.77. The minimum absolute atomic E-state index is 0.0912. The summed E-state index contributed by atoms with van der Waals surface area (Å²) in [5, 5.41) is 3.58. The fraction of sp³-hybridized carbons (Fsp3) is 0.263. The zero-order valence-electron chi connectivity index (χ0n) is 15.2. The molecule has 0 spiro atoms. The van der Waals surface area contributed by atoms with Gasteiger partial charge in [0.25, 0.3) is 0 Å². The number of amidine groups is 1. The molecule has 29 heavy (non-hydrogen) atoms. The van der Waals surface area contributed by atoms with E-state index in [4.69, 9.17) is 5.73 Å². The van der Waals surface area contributed by atoms with Crippen molar-refractivity contribution in [1.29, 1.82) is 0 Å². The summed E-state index contributed by atoms with van der Waals surface area (Å²) in [6.07, 6.45) is 3.13. The summed E-state index contributed by atoms with van der Waals surface area (Å²) in [6.45, 7) is 1.77. The van der Waals surface area contributed by atoms with E-state index in [0.29, 0.717) is 16.2 Å². The molecule has 0 radical (unpaired) electrons. The van der Waals surface area contributed by atoms with Gasteiger partial charge >= 0.3 is 0 Å². The lowest BCUT2D eigenvalue weighted by molar-refractivity contribution is 0.393. The van der Waals surface area contributed by atoms with E-state index in [-0.39, 0.29) is 28.2 Å². The molecule has 1 aliphatic carbocycles. The van der Waals surface area contributed by atoms with Gasteiger partial charge in [0.2, 0.25) is 0 Å². The van der Waals surface area contributed by atoms with Gasteiger partial charge in [0.05, 0.1) is 17.3 Å². The number of nitrogens with zero attached hydrogens (tertiary/aromatic N) is 4. The number of nitrogens with two attached hydrogens (primary N) is 1. The molecule has 1 saturated carbocycles. The monoisotopic (exact) mass is 416 g/mol. The molecule has 6 nitrogen and oxygen atoms in total. The van der Waals surface area contributed by atoms with Crippen LogP contribution in [-0.2, 0) is 5.54 Å². The van der Waals surface area contributed by atoms with Crippen LogP contribution in [0.25, 0.3) is 11.0 Å². The second-order valence-electron chi connectivity index (χ2n) is 7.28. The maximum Gasteiger partial charge on any atom is 0.164 e. The Bertz CT molecular complexity index is 1190. The van der Waals surface area contributed by atoms with Gasteiger partial charge < -0.3 is 11.1 Å². The predicted molar refractivity (Wildman–Crippen MR) is 105 cm³/mol. The van der Waals surface area contributed by atoms with Gasteiger partial charge in [0.1, 0.15) is 17.7 Å². The fourth-order valence-corrected chi connectivity index (χ4v) is 5.11. The lowest BCUT2D eigenvalue weighted by Gasteiger charge is -2.30. The number of rotatable bonds is 3. The molecule has 1 fully saturated rings. The molecule has 0 amide bonds. The van der Waals surface area contributed by atoms with Crippen LogP contribution in [-0.4, -0.2) is 25.4 Å². The standard InChI is InChI=1S/C19H15F3N6S/c1-19(10-5-14(10)29-18(23)28-19)11-3-9(4-12(21)15(11)22)27-17-16-13(25-7-26-17)2-8(20)6-24-16/h2-4,6-7,10,14H,5H2,1H3,(H2,23,28)(H,25,26,27)/t10-,14?,19+/m1/s1. The van der Waals surface area contributed by atoms with Gasteiger partial charge in [0, 0.05) is 34.6 Å². The lowest BCUT2D eigenvalue weighted by atomic mass is 9.86. The molecule has 3 aromatic rings. The van der Waals surface area contributed by atoms with Gasteiger partial charge in [-0.05, 0) is 19.4 Å². The molecule has 3 heterocycles. The van der Waals surface area contributed by atoms with Crippen molar-refractivity contribution >= 4 is 39.5 Å². The van der Waals surface area contributed by atoms with Gasteiger partial charge in [-0.25, -0.2) is 28.1 Å². The molecule has 1 aromatic carbocycles. The van der Waals surface area contributed by atoms with E-state index in [2.05, 4.69) is 25.3 Å². The highest BCUT2D eigenvalue weighted by atomic mass is 32.2. The normalized spacial score (nSPS) is 25.4. The Labute approximate surface area is 167 Å². The number of hydrogen-bond donors (Lipinski definition) is 2. The molecule has 0 bridgehead atoms. The molecular weight excluding hydrogens is 401 g/mol. The smallest absolute Gasteiger partial charge is 0.164 e. The Hall–Kier alpha value is -2.88. The lowest BCUT2D eigenvalue weighted by Crippen LogP contribution is -2.32. The van der Waals surface area contributed by atoms with Crippen LogP contribution in [0.5, 0.6) is 0 Å². The van der Waals surface area contributed by atoms with Gasteiger partial charge in [-0.2, -0.15) is 0 Å². The van der Waals surface area contributed by atoms with E-state index in [1.165, 1.54) is 30.2 Å². The summed E-state index contributed by atoms with van der Waals surface area (Å²) < 4.78 is 42.6. The molecule has 0 saturated heterocycles. The minimum atomic E-state index is -1.01. The molecule has 1 aliphatic heterocycles. The second kappa shape index (κ2) is 6.31. The fourth-order valence-electron chi connectivity index (χ4n) is 3.82. The number of fused-ring (bicyclic) bond motifs is 2. The number of benzene rings is 1. The maximum absolute atomic E-state index is 14.8. The maximum atomic E-state index is 14.8. The van der Waals surface area contributed by atoms with E-state index in [0.717, 1.165) is 18.7 Å². The van der Waals surface area contributed by atoms with Crippen LogP contribution in [0.1, 0.15) is 18.9 Å². The predicted octanol–water partition coefficient (Wildman–Crippen LogP) is 3.85. The van der Waals surface area contributed by atoms with Crippen molar-refractivity contribution in [3.63, 3.8) is 0 Å². The molecule has 3 atom stereocenters. The van der Waals surface area contributed by atoms with Crippen LogP contribution < -0.4 is 11.1 Å². The van der Waals surface area contributed by atoms with Crippen LogP contribution in [0, 0.1) is 23.4 Å². The first kappa shape index (κ1) is 18.2. The van der Waals surface area contributed by atoms with Crippen LogP contribution in [0.3, 0.4) is 0 Å². The Balaban J connectivity index is 1.59. The molecular formula is C19H15F3N6S. The quantitative estimate of drug-likeness (QED) is 0.674. The van der Waals surface area contributed by atoms with Crippen molar-refractivity contribution in [1.82, 2.24) is 15.0 Å². The van der Waals surface area contributed by atoms with Crippen LogP contribution in [0.4, 0.5) is 24.7 Å². The van der Waals surface area contributed by atoms with Crippen LogP contribution in [0.15, 0.2) is 35.7 Å². The van der Waals surface area contributed by atoms with Gasteiger partial charge in [-0.1, -0.05) is 11.8 Å². The average molecular weight is 416 g/mol. The number of nitrogens with one attached hydrogen (secondary N) is 1. The summed E-state index contributed by atoms with van der Waals surface area (Å²) in [5.41, 5.74) is 5.98. The number of hydrogen-bond acceptors (Lipinski definition) is 7. The van der Waals surface area contributed by atoms with E-state index in [1.54, 1.807) is 6.92 Å². The Morgan fingerprint density at radius 3 is 2.83 bits per heavy atom. The summed E-state index contributed by atoms with van der Waals surface area (Å²) >= 11 is 1.47. The molecule has 1 unspecified atom stereocenters. The first-order chi connectivity index (χ1) is 13.8. The first-order valence-electron chi connectivity index (χ1n) is 8.90. The minimum Gasteiger partial charge on any atom is -0.379 e. The third-order valence-electron chi connectivity index (χ3n) is 5.35. The molecule has 5 rings (SSSR count). The second-order valence-corrected chi connectivity index (χ2v) is 8.54. The first-order valence-corrected chi connectivity index (χ1v) is 9.78. The summed E-state index contributed by atoms with van der Waals surface area (Å²) in [5.74, 6) is -2.14. The summed E-state index contributed by atoms with van der Waals surface area (Å²) in [7, 11) is 0. The molecule has 2 aliphatic rings. The van der Waals surface area contributed by atoms with Crippen LogP contribution >= 0.6 is 11.8 Å². The number of thioether (sulfide) groups is 1. The number of anilines is 2. The number of pyridine rings is 1. The molecule has 2 aromatic heterocycles. The number of halogens is 3. The summed E-state index contributed by atoms with van der Waals surface area (Å²) in [4.78, 5) is 16.5.